The molecule has 3 heteroatoms. The van der Waals surface area contributed by atoms with Gasteiger partial charge < -0.3 is 5.32 Å². The lowest BCUT2D eigenvalue weighted by Crippen LogP contribution is -2.42. The Morgan fingerprint density at radius 3 is 2.73 bits per heavy atom. The average Bonchev–Trinajstić information content (AvgIpc) is 2.31. The molecule has 0 unspecified atom stereocenters. The minimum atomic E-state index is 1.04. The molecule has 1 aromatic rings. The van der Waals surface area contributed by atoms with Crippen LogP contribution in [0.25, 0.3) is 0 Å². The molecule has 2 heterocycles. The fourth-order valence-electron chi connectivity index (χ4n) is 1.95. The lowest BCUT2D eigenvalue weighted by atomic mass is 10.1. The van der Waals surface area contributed by atoms with E-state index in [0.717, 1.165) is 39.1 Å². The zero-order chi connectivity index (χ0) is 10.5. The molecule has 1 aromatic heterocycles. The molecule has 1 fully saturated rings. The molecule has 2 rings (SSSR count). The highest BCUT2D eigenvalue weighted by atomic mass is 15.2. The van der Waals surface area contributed by atoms with Gasteiger partial charge in [0.15, 0.2) is 0 Å². The van der Waals surface area contributed by atoms with Gasteiger partial charge in [-0.1, -0.05) is 13.0 Å². The number of rotatable bonds is 3. The second-order valence-electron chi connectivity index (χ2n) is 4.08. The predicted octanol–water partition coefficient (Wildman–Crippen LogP) is 1.05. The van der Waals surface area contributed by atoms with E-state index in [4.69, 9.17) is 0 Å². The summed E-state index contributed by atoms with van der Waals surface area (Å²) in [6, 6.07) is 2.27. The SMILES string of the molecule is CCc1cncc(CN2CCNCC2)c1. The molecule has 0 radical (unpaired) electrons. The highest BCUT2D eigenvalue weighted by Gasteiger charge is 2.09. The van der Waals surface area contributed by atoms with Gasteiger partial charge >= 0.3 is 0 Å². The van der Waals surface area contributed by atoms with Crippen LogP contribution in [0.3, 0.4) is 0 Å². The van der Waals surface area contributed by atoms with Crippen LogP contribution in [0.5, 0.6) is 0 Å². The second-order valence-corrected chi connectivity index (χ2v) is 4.08. The van der Waals surface area contributed by atoms with E-state index >= 15 is 0 Å². The molecule has 0 atom stereocenters. The van der Waals surface area contributed by atoms with Crippen molar-refractivity contribution in [1.82, 2.24) is 15.2 Å². The Morgan fingerprint density at radius 1 is 1.27 bits per heavy atom. The normalized spacial score (nSPS) is 17.9. The van der Waals surface area contributed by atoms with E-state index < -0.39 is 0 Å². The Kier molecular flexibility index (Phi) is 3.69. The van der Waals surface area contributed by atoms with E-state index in [1.165, 1.54) is 11.1 Å². The molecular weight excluding hydrogens is 186 g/mol. The van der Waals surface area contributed by atoms with Gasteiger partial charge in [0.25, 0.3) is 0 Å². The number of nitrogens with zero attached hydrogens (tertiary/aromatic N) is 2. The van der Waals surface area contributed by atoms with Crippen LogP contribution in [0.4, 0.5) is 0 Å². The first kappa shape index (κ1) is 10.6. The molecule has 0 saturated carbocycles. The first-order valence-electron chi connectivity index (χ1n) is 5.74. The number of aryl methyl sites for hydroxylation is 1. The Morgan fingerprint density at radius 2 is 2.00 bits per heavy atom. The number of hydrogen-bond acceptors (Lipinski definition) is 3. The highest BCUT2D eigenvalue weighted by Crippen LogP contribution is 2.07. The Hall–Kier alpha value is -0.930. The number of piperazine rings is 1. The highest BCUT2D eigenvalue weighted by molar-refractivity contribution is 5.17. The van der Waals surface area contributed by atoms with Crippen LogP contribution in [0.2, 0.25) is 0 Å². The van der Waals surface area contributed by atoms with Crippen LogP contribution < -0.4 is 5.32 Å². The Balaban J connectivity index is 1.96. The quantitative estimate of drug-likeness (QED) is 0.799. The molecule has 0 bridgehead atoms. The van der Waals surface area contributed by atoms with Crippen LogP contribution in [-0.4, -0.2) is 36.1 Å². The van der Waals surface area contributed by atoms with Crippen LogP contribution >= 0.6 is 0 Å². The number of nitrogens with one attached hydrogen (secondary N) is 1. The zero-order valence-electron chi connectivity index (χ0n) is 9.37. The van der Waals surface area contributed by atoms with Gasteiger partial charge in [-0.05, 0) is 17.5 Å². The molecule has 15 heavy (non-hydrogen) atoms. The van der Waals surface area contributed by atoms with Crippen LogP contribution in [0, 0.1) is 0 Å². The maximum absolute atomic E-state index is 4.28. The summed E-state index contributed by atoms with van der Waals surface area (Å²) in [5, 5.41) is 3.37. The number of pyridine rings is 1. The van der Waals surface area contributed by atoms with Gasteiger partial charge in [-0.15, -0.1) is 0 Å². The molecule has 3 nitrogen and oxygen atoms in total. The summed E-state index contributed by atoms with van der Waals surface area (Å²) in [5.41, 5.74) is 2.68. The summed E-state index contributed by atoms with van der Waals surface area (Å²) >= 11 is 0. The third-order valence-corrected chi connectivity index (χ3v) is 2.88. The summed E-state index contributed by atoms with van der Waals surface area (Å²) in [6.45, 7) is 7.74. The molecule has 0 aromatic carbocycles. The van der Waals surface area contributed by atoms with Crippen molar-refractivity contribution in [2.24, 2.45) is 0 Å². The van der Waals surface area contributed by atoms with E-state index in [1.54, 1.807) is 0 Å². The van der Waals surface area contributed by atoms with Crippen LogP contribution in [-0.2, 0) is 13.0 Å². The maximum Gasteiger partial charge on any atom is 0.0313 e. The van der Waals surface area contributed by atoms with Crippen LogP contribution in [0.15, 0.2) is 18.5 Å². The van der Waals surface area contributed by atoms with Gasteiger partial charge in [0.1, 0.15) is 0 Å². The summed E-state index contributed by atoms with van der Waals surface area (Å²) in [5.74, 6) is 0. The Bertz CT molecular complexity index is 305. The molecule has 0 amide bonds. The van der Waals surface area contributed by atoms with Gasteiger partial charge in [0.2, 0.25) is 0 Å². The molecule has 82 valence electrons. The number of aromatic nitrogens is 1. The minimum absolute atomic E-state index is 1.04. The van der Waals surface area contributed by atoms with E-state index in [1.807, 2.05) is 12.4 Å². The van der Waals surface area contributed by atoms with Gasteiger partial charge in [-0.25, -0.2) is 0 Å². The monoisotopic (exact) mass is 205 g/mol. The van der Waals surface area contributed by atoms with Crippen molar-refractivity contribution >= 4 is 0 Å². The molecular formula is C12H19N3. The van der Waals surface area contributed by atoms with Crippen molar-refractivity contribution in [3.63, 3.8) is 0 Å². The van der Waals surface area contributed by atoms with Crippen molar-refractivity contribution in [1.29, 1.82) is 0 Å². The first-order valence-corrected chi connectivity index (χ1v) is 5.74. The fraction of sp³-hybridized carbons (Fsp3) is 0.583. The maximum atomic E-state index is 4.28. The van der Waals surface area contributed by atoms with Crippen LogP contribution in [0.1, 0.15) is 18.1 Å². The topological polar surface area (TPSA) is 28.2 Å². The van der Waals surface area contributed by atoms with Gasteiger partial charge in [-0.2, -0.15) is 0 Å². The zero-order valence-corrected chi connectivity index (χ0v) is 9.37. The lowest BCUT2D eigenvalue weighted by Gasteiger charge is -2.27. The van der Waals surface area contributed by atoms with Crippen molar-refractivity contribution in [3.8, 4) is 0 Å². The molecule has 1 aliphatic heterocycles. The smallest absolute Gasteiger partial charge is 0.0313 e. The standard InChI is InChI=1S/C12H19N3/c1-2-11-7-12(9-14-8-11)10-15-5-3-13-4-6-15/h7-9,13H,2-6,10H2,1H3. The molecule has 1 saturated heterocycles. The largest absolute Gasteiger partial charge is 0.314 e. The van der Waals surface area contributed by atoms with Gasteiger partial charge in [0, 0.05) is 45.1 Å². The third-order valence-electron chi connectivity index (χ3n) is 2.88. The van der Waals surface area contributed by atoms with Crippen molar-refractivity contribution in [3.05, 3.63) is 29.6 Å². The van der Waals surface area contributed by atoms with E-state index in [0.29, 0.717) is 0 Å². The average molecular weight is 205 g/mol. The van der Waals surface area contributed by atoms with Crippen molar-refractivity contribution < 1.29 is 0 Å². The fourth-order valence-corrected chi connectivity index (χ4v) is 1.95. The molecule has 1 aliphatic rings. The molecule has 0 aliphatic carbocycles. The van der Waals surface area contributed by atoms with Gasteiger partial charge in [0.05, 0.1) is 0 Å². The summed E-state index contributed by atoms with van der Waals surface area (Å²) in [6.07, 6.45) is 5.02. The third kappa shape index (κ3) is 3.01. The predicted molar refractivity (Wildman–Crippen MR) is 61.8 cm³/mol. The van der Waals surface area contributed by atoms with E-state index in [-0.39, 0.29) is 0 Å². The summed E-state index contributed by atoms with van der Waals surface area (Å²) in [4.78, 5) is 6.76. The summed E-state index contributed by atoms with van der Waals surface area (Å²) in [7, 11) is 0. The summed E-state index contributed by atoms with van der Waals surface area (Å²) < 4.78 is 0. The lowest BCUT2D eigenvalue weighted by molar-refractivity contribution is 0.233. The molecule has 1 N–H and O–H groups in total. The van der Waals surface area contributed by atoms with E-state index in [2.05, 4.69) is 28.2 Å². The second kappa shape index (κ2) is 5.24. The van der Waals surface area contributed by atoms with E-state index in [9.17, 15) is 0 Å². The Labute approximate surface area is 91.5 Å². The van der Waals surface area contributed by atoms with Crippen molar-refractivity contribution in [2.45, 2.75) is 19.9 Å². The first-order chi connectivity index (χ1) is 7.38. The van der Waals surface area contributed by atoms with Crippen molar-refractivity contribution in [2.75, 3.05) is 26.2 Å². The minimum Gasteiger partial charge on any atom is -0.314 e. The molecule has 0 spiro atoms. The number of hydrogen-bond donors (Lipinski definition) is 1. The van der Waals surface area contributed by atoms with Gasteiger partial charge in [-0.3, -0.25) is 9.88 Å².